The molecule has 0 atom stereocenters. The number of aryl methyl sites for hydroxylation is 1. The first-order chi connectivity index (χ1) is 9.08. The third-order valence-corrected chi connectivity index (χ3v) is 3.38. The second-order valence-corrected chi connectivity index (χ2v) is 5.05. The Bertz CT molecular complexity index is 442. The fourth-order valence-corrected chi connectivity index (χ4v) is 2.25. The van der Waals surface area contributed by atoms with E-state index >= 15 is 0 Å². The van der Waals surface area contributed by atoms with E-state index in [1.54, 1.807) is 17.4 Å². The maximum Gasteiger partial charge on any atom is 0.242 e. The molecule has 0 spiro atoms. The smallest absolute Gasteiger partial charge is 0.242 e. The maximum atomic E-state index is 12.0. The van der Waals surface area contributed by atoms with Crippen LogP contribution in [0.25, 0.3) is 0 Å². The van der Waals surface area contributed by atoms with E-state index in [4.69, 9.17) is 0 Å². The van der Waals surface area contributed by atoms with Crippen molar-refractivity contribution in [3.05, 3.63) is 18.7 Å². The van der Waals surface area contributed by atoms with Crippen molar-refractivity contribution >= 4 is 11.8 Å². The number of hydrogen-bond acceptors (Lipinski definition) is 3. The number of amides is 2. The zero-order valence-electron chi connectivity index (χ0n) is 11.5. The van der Waals surface area contributed by atoms with Crippen LogP contribution < -0.4 is 0 Å². The third-order valence-electron chi connectivity index (χ3n) is 3.38. The first-order valence-electron chi connectivity index (χ1n) is 6.61. The van der Waals surface area contributed by atoms with E-state index in [-0.39, 0.29) is 24.4 Å². The molecular formula is C13H20N4O2. The van der Waals surface area contributed by atoms with Crippen LogP contribution in [0.15, 0.2) is 18.7 Å². The van der Waals surface area contributed by atoms with Crippen LogP contribution in [-0.4, -0.2) is 56.8 Å². The first-order valence-corrected chi connectivity index (χ1v) is 6.61. The zero-order chi connectivity index (χ0) is 13.8. The molecule has 1 fully saturated rings. The largest absolute Gasteiger partial charge is 0.337 e. The fourth-order valence-electron chi connectivity index (χ4n) is 2.25. The molecule has 0 N–H and O–H groups in total. The van der Waals surface area contributed by atoms with E-state index in [2.05, 4.69) is 4.98 Å². The van der Waals surface area contributed by atoms with Gasteiger partial charge < -0.3 is 14.4 Å². The third kappa shape index (κ3) is 3.33. The Morgan fingerprint density at radius 2 is 2.21 bits per heavy atom. The molecule has 0 unspecified atom stereocenters. The van der Waals surface area contributed by atoms with Gasteiger partial charge in [-0.2, -0.15) is 0 Å². The lowest BCUT2D eigenvalue weighted by atomic mass is 10.2. The second kappa shape index (κ2) is 5.86. The van der Waals surface area contributed by atoms with Crippen LogP contribution >= 0.6 is 0 Å². The number of hydrogen-bond donors (Lipinski definition) is 0. The molecule has 1 aliphatic heterocycles. The quantitative estimate of drug-likeness (QED) is 0.788. The summed E-state index contributed by atoms with van der Waals surface area (Å²) in [7, 11) is 0. The van der Waals surface area contributed by atoms with Gasteiger partial charge in [0.2, 0.25) is 11.8 Å². The minimum Gasteiger partial charge on any atom is -0.337 e. The maximum absolute atomic E-state index is 12.0. The predicted octanol–water partition coefficient (Wildman–Crippen LogP) is 0.352. The number of aromatic nitrogens is 2. The van der Waals surface area contributed by atoms with Crippen LogP contribution in [0.5, 0.6) is 0 Å². The van der Waals surface area contributed by atoms with Crippen molar-refractivity contribution in [2.75, 3.05) is 19.6 Å². The fraction of sp³-hybridized carbons (Fsp3) is 0.615. The summed E-state index contributed by atoms with van der Waals surface area (Å²) in [5, 5.41) is 0. The van der Waals surface area contributed by atoms with E-state index in [0.29, 0.717) is 26.1 Å². The number of rotatable bonds is 4. The summed E-state index contributed by atoms with van der Waals surface area (Å²) in [5.74, 6) is 0.0719. The number of nitrogens with zero attached hydrogens (tertiary/aromatic N) is 4. The highest BCUT2D eigenvalue weighted by atomic mass is 16.2. The summed E-state index contributed by atoms with van der Waals surface area (Å²) in [6.45, 7) is 6.07. The van der Waals surface area contributed by atoms with Crippen LogP contribution in [0, 0.1) is 0 Å². The molecule has 1 aliphatic rings. The van der Waals surface area contributed by atoms with Crippen molar-refractivity contribution in [3.8, 4) is 0 Å². The minimum atomic E-state index is 0.0328. The monoisotopic (exact) mass is 264 g/mol. The van der Waals surface area contributed by atoms with Gasteiger partial charge in [-0.3, -0.25) is 9.59 Å². The number of piperazine rings is 1. The molecule has 0 bridgehead atoms. The van der Waals surface area contributed by atoms with Gasteiger partial charge in [0.1, 0.15) is 0 Å². The molecule has 1 aromatic rings. The lowest BCUT2D eigenvalue weighted by molar-refractivity contribution is -0.146. The highest BCUT2D eigenvalue weighted by Gasteiger charge is 2.27. The van der Waals surface area contributed by atoms with Crippen molar-refractivity contribution in [1.82, 2.24) is 19.4 Å². The van der Waals surface area contributed by atoms with Gasteiger partial charge in [0.15, 0.2) is 0 Å². The number of carbonyl (C=O) groups is 2. The Balaban J connectivity index is 1.83. The predicted molar refractivity (Wildman–Crippen MR) is 70.3 cm³/mol. The van der Waals surface area contributed by atoms with E-state index < -0.39 is 0 Å². The van der Waals surface area contributed by atoms with Gasteiger partial charge in [-0.15, -0.1) is 0 Å². The van der Waals surface area contributed by atoms with Crippen molar-refractivity contribution < 1.29 is 9.59 Å². The Kier molecular flexibility index (Phi) is 4.19. The standard InChI is InChI=1S/C13H20N4O2/c1-11(2)17-8-7-16(9-13(17)19)12(18)3-5-15-6-4-14-10-15/h4,6,10-11H,3,5,7-9H2,1-2H3. The van der Waals surface area contributed by atoms with Crippen LogP contribution in [-0.2, 0) is 16.1 Å². The van der Waals surface area contributed by atoms with Crippen molar-refractivity contribution in [3.63, 3.8) is 0 Å². The van der Waals surface area contributed by atoms with E-state index in [9.17, 15) is 9.59 Å². The molecule has 2 heterocycles. The van der Waals surface area contributed by atoms with Gasteiger partial charge in [-0.05, 0) is 13.8 Å². The molecule has 0 aromatic carbocycles. The summed E-state index contributed by atoms with van der Waals surface area (Å²) < 4.78 is 1.87. The average molecular weight is 264 g/mol. The molecule has 19 heavy (non-hydrogen) atoms. The summed E-state index contributed by atoms with van der Waals surface area (Å²) in [6, 6.07) is 0.204. The van der Waals surface area contributed by atoms with E-state index in [0.717, 1.165) is 0 Å². The number of carbonyl (C=O) groups excluding carboxylic acids is 2. The van der Waals surface area contributed by atoms with Gasteiger partial charge in [0.05, 0.1) is 12.9 Å². The van der Waals surface area contributed by atoms with Gasteiger partial charge in [-0.25, -0.2) is 4.98 Å². The van der Waals surface area contributed by atoms with Crippen molar-refractivity contribution in [1.29, 1.82) is 0 Å². The summed E-state index contributed by atoms with van der Waals surface area (Å²) in [4.78, 5) is 31.3. The average Bonchev–Trinajstić information content (AvgIpc) is 2.88. The summed E-state index contributed by atoms with van der Waals surface area (Å²) in [6.07, 6.45) is 5.62. The Labute approximate surface area is 113 Å². The molecular weight excluding hydrogens is 244 g/mol. The molecule has 2 amide bonds. The van der Waals surface area contributed by atoms with E-state index in [1.165, 1.54) is 0 Å². The van der Waals surface area contributed by atoms with Gasteiger partial charge in [0.25, 0.3) is 0 Å². The molecule has 0 aliphatic carbocycles. The Hall–Kier alpha value is -1.85. The van der Waals surface area contributed by atoms with Gasteiger partial charge in [-0.1, -0.05) is 0 Å². The van der Waals surface area contributed by atoms with Crippen LogP contribution in [0.2, 0.25) is 0 Å². The lowest BCUT2D eigenvalue weighted by Crippen LogP contribution is -2.54. The summed E-state index contributed by atoms with van der Waals surface area (Å²) >= 11 is 0. The Morgan fingerprint density at radius 1 is 1.42 bits per heavy atom. The molecule has 6 heteroatoms. The van der Waals surface area contributed by atoms with E-state index in [1.807, 2.05) is 29.5 Å². The zero-order valence-corrected chi connectivity index (χ0v) is 11.5. The molecule has 1 saturated heterocycles. The molecule has 0 saturated carbocycles. The summed E-state index contributed by atoms with van der Waals surface area (Å²) in [5.41, 5.74) is 0. The van der Waals surface area contributed by atoms with Crippen molar-refractivity contribution in [2.45, 2.75) is 32.9 Å². The molecule has 0 radical (unpaired) electrons. The second-order valence-electron chi connectivity index (χ2n) is 5.05. The molecule has 1 aromatic heterocycles. The first kappa shape index (κ1) is 13.6. The van der Waals surface area contributed by atoms with Crippen LogP contribution in [0.3, 0.4) is 0 Å². The molecule has 104 valence electrons. The van der Waals surface area contributed by atoms with Gasteiger partial charge >= 0.3 is 0 Å². The van der Waals surface area contributed by atoms with Crippen LogP contribution in [0.1, 0.15) is 20.3 Å². The lowest BCUT2D eigenvalue weighted by Gasteiger charge is -2.36. The molecule has 6 nitrogen and oxygen atoms in total. The number of imidazole rings is 1. The Morgan fingerprint density at radius 3 is 2.79 bits per heavy atom. The highest BCUT2D eigenvalue weighted by molar-refractivity contribution is 5.86. The highest BCUT2D eigenvalue weighted by Crippen LogP contribution is 2.09. The van der Waals surface area contributed by atoms with Gasteiger partial charge in [0, 0.05) is 44.5 Å². The topological polar surface area (TPSA) is 58.4 Å². The minimum absolute atomic E-state index is 0.0328. The molecule has 2 rings (SSSR count). The normalized spacial score (nSPS) is 16.3. The van der Waals surface area contributed by atoms with Crippen LogP contribution in [0.4, 0.5) is 0 Å². The SMILES string of the molecule is CC(C)N1CCN(C(=O)CCn2ccnc2)CC1=O. The van der Waals surface area contributed by atoms with Crippen molar-refractivity contribution in [2.24, 2.45) is 0 Å².